The summed E-state index contributed by atoms with van der Waals surface area (Å²) in [6.45, 7) is 5.83. The van der Waals surface area contributed by atoms with E-state index in [-0.39, 0.29) is 5.41 Å². The van der Waals surface area contributed by atoms with Crippen LogP contribution in [0.5, 0.6) is 0 Å². The fraction of sp³-hybridized carbons (Fsp3) is 0.857. The first kappa shape index (κ1) is 9.43. The maximum atomic E-state index is 10.3. The topological polar surface area (TPSA) is 63.3 Å². The molecule has 3 N–H and O–H groups in total. The Labute approximate surface area is 61.2 Å². The van der Waals surface area contributed by atoms with Gasteiger partial charge in [0.05, 0.1) is 0 Å². The van der Waals surface area contributed by atoms with Crippen molar-refractivity contribution in [2.45, 2.75) is 33.3 Å². The van der Waals surface area contributed by atoms with Crippen LogP contribution in [0.1, 0.15) is 27.2 Å². The van der Waals surface area contributed by atoms with Gasteiger partial charge in [-0.1, -0.05) is 20.8 Å². The first-order valence-electron chi connectivity index (χ1n) is 3.30. The minimum Gasteiger partial charge on any atom is -0.383 e. The van der Waals surface area contributed by atoms with E-state index in [1.54, 1.807) is 0 Å². The van der Waals surface area contributed by atoms with Crippen molar-refractivity contribution >= 4 is 5.91 Å². The molecule has 0 fully saturated rings. The van der Waals surface area contributed by atoms with Crippen molar-refractivity contribution in [2.24, 2.45) is 11.1 Å². The Hall–Kier alpha value is -0.570. The molecule has 0 aromatic rings. The highest BCUT2D eigenvalue weighted by Crippen LogP contribution is 2.20. The number of rotatable bonds is 2. The lowest BCUT2D eigenvalue weighted by Gasteiger charge is -2.19. The lowest BCUT2D eigenvalue weighted by atomic mass is 9.89. The summed E-state index contributed by atoms with van der Waals surface area (Å²) >= 11 is 0. The Bertz CT molecular complexity index is 126. The third-order valence-electron chi connectivity index (χ3n) is 1.13. The van der Waals surface area contributed by atoms with Crippen LogP contribution >= 0.6 is 0 Å². The summed E-state index contributed by atoms with van der Waals surface area (Å²) in [4.78, 5) is 10.3. The van der Waals surface area contributed by atoms with E-state index in [9.17, 15) is 4.79 Å². The Balaban J connectivity index is 3.80. The molecule has 3 heteroatoms. The summed E-state index contributed by atoms with van der Waals surface area (Å²) in [7, 11) is 0. The molecule has 0 saturated carbocycles. The molecule has 0 aromatic carbocycles. The van der Waals surface area contributed by atoms with Gasteiger partial charge in [-0.2, -0.15) is 0 Å². The van der Waals surface area contributed by atoms with E-state index in [2.05, 4.69) is 0 Å². The van der Waals surface area contributed by atoms with Gasteiger partial charge in [-0.05, 0) is 11.8 Å². The number of aliphatic hydroxyl groups is 1. The summed E-state index contributed by atoms with van der Waals surface area (Å²) in [6.07, 6.45) is -0.581. The number of carbonyl (C=O) groups is 1. The molecule has 0 aromatic heterocycles. The van der Waals surface area contributed by atoms with Crippen LogP contribution in [0.4, 0.5) is 0 Å². The molecule has 0 radical (unpaired) electrons. The van der Waals surface area contributed by atoms with Gasteiger partial charge >= 0.3 is 0 Å². The fourth-order valence-corrected chi connectivity index (χ4v) is 0.681. The Morgan fingerprint density at radius 1 is 1.60 bits per heavy atom. The molecule has 1 unspecified atom stereocenters. The molecule has 0 saturated heterocycles. The molecule has 0 aliphatic heterocycles. The van der Waals surface area contributed by atoms with Crippen LogP contribution in [0.3, 0.4) is 0 Å². The van der Waals surface area contributed by atoms with E-state index >= 15 is 0 Å². The normalized spacial score (nSPS) is 14.8. The largest absolute Gasteiger partial charge is 0.383 e. The van der Waals surface area contributed by atoms with Crippen LogP contribution in [0.2, 0.25) is 0 Å². The maximum Gasteiger partial charge on any atom is 0.246 e. The molecule has 0 aliphatic rings. The highest BCUT2D eigenvalue weighted by atomic mass is 16.3. The number of hydrogen-bond donors (Lipinski definition) is 2. The van der Waals surface area contributed by atoms with Crippen LogP contribution in [0.15, 0.2) is 0 Å². The lowest BCUT2D eigenvalue weighted by Crippen LogP contribution is -2.31. The third kappa shape index (κ3) is 4.32. The van der Waals surface area contributed by atoms with Gasteiger partial charge in [0.15, 0.2) is 0 Å². The van der Waals surface area contributed by atoms with E-state index in [4.69, 9.17) is 10.8 Å². The molecular weight excluding hydrogens is 130 g/mol. The Morgan fingerprint density at radius 3 is 2.10 bits per heavy atom. The first-order valence-corrected chi connectivity index (χ1v) is 3.30. The zero-order valence-corrected chi connectivity index (χ0v) is 6.72. The summed E-state index contributed by atoms with van der Waals surface area (Å²) in [5, 5.41) is 8.99. The maximum absolute atomic E-state index is 10.3. The van der Waals surface area contributed by atoms with Gasteiger partial charge in [-0.25, -0.2) is 0 Å². The molecule has 3 nitrogen and oxygen atoms in total. The number of primary amides is 1. The summed E-state index contributed by atoms with van der Waals surface area (Å²) in [6, 6.07) is 0. The molecule has 1 atom stereocenters. The standard InChI is InChI=1S/C7H15NO2/c1-7(2,3)4-5(9)6(8)10/h5,9H,4H2,1-3H3,(H2,8,10). The summed E-state index contributed by atoms with van der Waals surface area (Å²) in [5.74, 6) is -0.644. The average molecular weight is 145 g/mol. The number of aliphatic hydroxyl groups excluding tert-OH is 1. The highest BCUT2D eigenvalue weighted by molar-refractivity contribution is 5.78. The van der Waals surface area contributed by atoms with Crippen LogP contribution in [-0.2, 0) is 4.79 Å². The fourth-order valence-electron chi connectivity index (χ4n) is 0.681. The zero-order chi connectivity index (χ0) is 8.36. The van der Waals surface area contributed by atoms with Gasteiger partial charge in [-0.15, -0.1) is 0 Å². The van der Waals surface area contributed by atoms with Crippen LogP contribution < -0.4 is 5.73 Å². The van der Waals surface area contributed by atoms with Gasteiger partial charge in [0.25, 0.3) is 0 Å². The molecule has 0 bridgehead atoms. The quantitative estimate of drug-likeness (QED) is 0.585. The molecule has 0 heterocycles. The highest BCUT2D eigenvalue weighted by Gasteiger charge is 2.19. The smallest absolute Gasteiger partial charge is 0.246 e. The number of carbonyl (C=O) groups excluding carboxylic acids is 1. The van der Waals surface area contributed by atoms with Crippen molar-refractivity contribution in [3.8, 4) is 0 Å². The molecule has 0 rings (SSSR count). The van der Waals surface area contributed by atoms with Crippen molar-refractivity contribution in [2.75, 3.05) is 0 Å². The second-order valence-electron chi connectivity index (χ2n) is 3.68. The second-order valence-corrected chi connectivity index (χ2v) is 3.68. The number of amides is 1. The number of nitrogens with two attached hydrogens (primary N) is 1. The molecule has 0 spiro atoms. The minimum absolute atomic E-state index is 0.0472. The monoisotopic (exact) mass is 145 g/mol. The zero-order valence-electron chi connectivity index (χ0n) is 6.72. The summed E-state index contributed by atoms with van der Waals surface area (Å²) in [5.41, 5.74) is 4.81. The van der Waals surface area contributed by atoms with Crippen molar-refractivity contribution in [1.82, 2.24) is 0 Å². The molecule has 60 valence electrons. The van der Waals surface area contributed by atoms with Crippen molar-refractivity contribution in [1.29, 1.82) is 0 Å². The van der Waals surface area contributed by atoms with E-state index in [1.807, 2.05) is 20.8 Å². The molecule has 1 amide bonds. The van der Waals surface area contributed by atoms with Gasteiger partial charge < -0.3 is 10.8 Å². The van der Waals surface area contributed by atoms with Crippen molar-refractivity contribution in [3.05, 3.63) is 0 Å². The van der Waals surface area contributed by atoms with Gasteiger partial charge in [0, 0.05) is 0 Å². The van der Waals surface area contributed by atoms with Crippen LogP contribution in [0.25, 0.3) is 0 Å². The Kier molecular flexibility index (Phi) is 2.84. The van der Waals surface area contributed by atoms with E-state index in [0.29, 0.717) is 6.42 Å². The van der Waals surface area contributed by atoms with Crippen molar-refractivity contribution in [3.63, 3.8) is 0 Å². The molecule has 0 aliphatic carbocycles. The second kappa shape index (κ2) is 3.01. The van der Waals surface area contributed by atoms with E-state index in [1.165, 1.54) is 0 Å². The van der Waals surface area contributed by atoms with E-state index in [0.717, 1.165) is 0 Å². The first-order chi connectivity index (χ1) is 4.33. The lowest BCUT2D eigenvalue weighted by molar-refractivity contribution is -0.127. The average Bonchev–Trinajstić information content (AvgIpc) is 1.60. The molecular formula is C7H15NO2. The Morgan fingerprint density at radius 2 is 2.00 bits per heavy atom. The van der Waals surface area contributed by atoms with Gasteiger partial charge in [-0.3, -0.25) is 4.79 Å². The summed E-state index contributed by atoms with van der Waals surface area (Å²) < 4.78 is 0. The predicted molar refractivity (Wildman–Crippen MR) is 39.3 cm³/mol. The van der Waals surface area contributed by atoms with Gasteiger partial charge in [0.2, 0.25) is 5.91 Å². The molecule has 10 heavy (non-hydrogen) atoms. The van der Waals surface area contributed by atoms with Crippen molar-refractivity contribution < 1.29 is 9.90 Å². The van der Waals surface area contributed by atoms with Crippen LogP contribution in [0, 0.1) is 5.41 Å². The predicted octanol–water partition coefficient (Wildman–Crippen LogP) is 0.269. The minimum atomic E-state index is -1.00. The SMILES string of the molecule is CC(C)(C)CC(O)C(N)=O. The third-order valence-corrected chi connectivity index (χ3v) is 1.13. The van der Waals surface area contributed by atoms with Crippen LogP contribution in [-0.4, -0.2) is 17.1 Å². The number of hydrogen-bond acceptors (Lipinski definition) is 2. The van der Waals surface area contributed by atoms with Gasteiger partial charge in [0.1, 0.15) is 6.10 Å². The van der Waals surface area contributed by atoms with E-state index < -0.39 is 12.0 Å².